The molecule has 0 radical (unpaired) electrons. The van der Waals surface area contributed by atoms with Gasteiger partial charge in [0.15, 0.2) is 0 Å². The van der Waals surface area contributed by atoms with Gasteiger partial charge in [0.1, 0.15) is 5.75 Å². The van der Waals surface area contributed by atoms with Crippen LogP contribution in [0.4, 0.5) is 0 Å². The SMILES string of the molecule is Cn1nnc(-c2ccc(C(=O)NC[C@@H]3CCOc4ccccc4C3)cc2)n1. The molecular formula is C20H21N5O2. The Bertz CT molecular complexity index is 936. The lowest BCUT2D eigenvalue weighted by Gasteiger charge is -2.14. The lowest BCUT2D eigenvalue weighted by Crippen LogP contribution is -2.30. The highest BCUT2D eigenvalue weighted by Crippen LogP contribution is 2.26. The molecule has 1 aromatic heterocycles. The summed E-state index contributed by atoms with van der Waals surface area (Å²) in [4.78, 5) is 13.9. The molecule has 1 amide bonds. The van der Waals surface area contributed by atoms with E-state index < -0.39 is 0 Å². The van der Waals surface area contributed by atoms with Crippen LogP contribution in [0.25, 0.3) is 11.4 Å². The molecule has 1 aliphatic rings. The summed E-state index contributed by atoms with van der Waals surface area (Å²) >= 11 is 0. The third-order valence-electron chi connectivity index (χ3n) is 4.73. The Kier molecular flexibility index (Phi) is 4.82. The van der Waals surface area contributed by atoms with E-state index in [2.05, 4.69) is 26.8 Å². The summed E-state index contributed by atoms with van der Waals surface area (Å²) in [6, 6.07) is 15.3. The number of tetrazole rings is 1. The molecule has 1 aliphatic heterocycles. The first kappa shape index (κ1) is 17.2. The lowest BCUT2D eigenvalue weighted by molar-refractivity contribution is 0.0945. The molecule has 1 atom stereocenters. The Balaban J connectivity index is 1.36. The van der Waals surface area contributed by atoms with Gasteiger partial charge in [-0.05, 0) is 47.7 Å². The fourth-order valence-corrected chi connectivity index (χ4v) is 3.25. The highest BCUT2D eigenvalue weighted by molar-refractivity contribution is 5.94. The number of benzene rings is 2. The molecule has 0 fully saturated rings. The molecule has 3 aromatic rings. The van der Waals surface area contributed by atoms with Crippen molar-refractivity contribution < 1.29 is 9.53 Å². The second-order valence-electron chi connectivity index (χ2n) is 6.70. The Morgan fingerprint density at radius 1 is 1.22 bits per heavy atom. The van der Waals surface area contributed by atoms with Gasteiger partial charge >= 0.3 is 0 Å². The molecule has 2 aromatic carbocycles. The van der Waals surface area contributed by atoms with Crippen LogP contribution in [0.15, 0.2) is 48.5 Å². The van der Waals surface area contributed by atoms with E-state index >= 15 is 0 Å². The molecule has 0 spiro atoms. The lowest BCUT2D eigenvalue weighted by atomic mass is 9.97. The first-order chi connectivity index (χ1) is 13.2. The summed E-state index contributed by atoms with van der Waals surface area (Å²) in [6.07, 6.45) is 1.83. The van der Waals surface area contributed by atoms with E-state index in [0.717, 1.165) is 24.2 Å². The molecule has 7 heteroatoms. The van der Waals surface area contributed by atoms with Crippen LogP contribution in [-0.4, -0.2) is 39.3 Å². The summed E-state index contributed by atoms with van der Waals surface area (Å²) < 4.78 is 5.80. The average Bonchev–Trinajstić information content (AvgIpc) is 3.02. The topological polar surface area (TPSA) is 81.9 Å². The van der Waals surface area contributed by atoms with Crippen molar-refractivity contribution in [3.8, 4) is 17.1 Å². The molecule has 7 nitrogen and oxygen atoms in total. The predicted molar refractivity (Wildman–Crippen MR) is 100 cm³/mol. The van der Waals surface area contributed by atoms with Crippen LogP contribution in [-0.2, 0) is 13.5 Å². The molecule has 27 heavy (non-hydrogen) atoms. The average molecular weight is 363 g/mol. The summed E-state index contributed by atoms with van der Waals surface area (Å²) in [5.74, 6) is 1.79. The summed E-state index contributed by atoms with van der Waals surface area (Å²) in [7, 11) is 1.72. The van der Waals surface area contributed by atoms with Gasteiger partial charge in [0, 0.05) is 17.7 Å². The van der Waals surface area contributed by atoms with Gasteiger partial charge in [-0.15, -0.1) is 10.2 Å². The van der Waals surface area contributed by atoms with Crippen molar-refractivity contribution in [1.82, 2.24) is 25.5 Å². The number of aryl methyl sites for hydroxylation is 1. The Labute approximate surface area is 157 Å². The van der Waals surface area contributed by atoms with Gasteiger partial charge in [-0.3, -0.25) is 4.79 Å². The van der Waals surface area contributed by atoms with Crippen LogP contribution in [0.2, 0.25) is 0 Å². The van der Waals surface area contributed by atoms with Gasteiger partial charge in [-0.25, -0.2) is 0 Å². The summed E-state index contributed by atoms with van der Waals surface area (Å²) in [6.45, 7) is 1.31. The molecule has 1 N–H and O–H groups in total. The Hall–Kier alpha value is -3.22. The van der Waals surface area contributed by atoms with Crippen molar-refractivity contribution in [1.29, 1.82) is 0 Å². The van der Waals surface area contributed by atoms with Crippen molar-refractivity contribution in [2.45, 2.75) is 12.8 Å². The minimum Gasteiger partial charge on any atom is -0.493 e. The highest BCUT2D eigenvalue weighted by atomic mass is 16.5. The Morgan fingerprint density at radius 2 is 2.04 bits per heavy atom. The number of nitrogens with one attached hydrogen (secondary N) is 1. The quantitative estimate of drug-likeness (QED) is 0.769. The number of ether oxygens (including phenoxy) is 1. The van der Waals surface area contributed by atoms with Gasteiger partial charge in [0.05, 0.1) is 13.7 Å². The zero-order chi connectivity index (χ0) is 18.6. The zero-order valence-electron chi connectivity index (χ0n) is 15.1. The summed E-state index contributed by atoms with van der Waals surface area (Å²) in [5.41, 5.74) is 2.65. The first-order valence-electron chi connectivity index (χ1n) is 9.02. The van der Waals surface area contributed by atoms with Gasteiger partial charge < -0.3 is 10.1 Å². The van der Waals surface area contributed by atoms with Gasteiger partial charge in [0.2, 0.25) is 5.82 Å². The Morgan fingerprint density at radius 3 is 2.81 bits per heavy atom. The van der Waals surface area contributed by atoms with Gasteiger partial charge in [-0.1, -0.05) is 30.3 Å². The maximum absolute atomic E-state index is 12.5. The number of hydrogen-bond donors (Lipinski definition) is 1. The van der Waals surface area contributed by atoms with E-state index in [-0.39, 0.29) is 5.91 Å². The molecule has 0 bridgehead atoms. The van der Waals surface area contributed by atoms with E-state index in [4.69, 9.17) is 4.74 Å². The largest absolute Gasteiger partial charge is 0.493 e. The van der Waals surface area contributed by atoms with Gasteiger partial charge in [-0.2, -0.15) is 4.80 Å². The van der Waals surface area contributed by atoms with Crippen LogP contribution in [0.3, 0.4) is 0 Å². The number of rotatable bonds is 4. The second kappa shape index (κ2) is 7.57. The molecule has 0 saturated carbocycles. The smallest absolute Gasteiger partial charge is 0.251 e. The van der Waals surface area contributed by atoms with Crippen molar-refractivity contribution in [2.24, 2.45) is 13.0 Å². The molecular weight excluding hydrogens is 342 g/mol. The summed E-state index contributed by atoms with van der Waals surface area (Å²) in [5, 5.41) is 15.0. The molecule has 0 saturated heterocycles. The maximum atomic E-state index is 12.5. The van der Waals surface area contributed by atoms with E-state index in [0.29, 0.717) is 30.5 Å². The third kappa shape index (κ3) is 3.97. The van der Waals surface area contributed by atoms with Crippen LogP contribution in [0.1, 0.15) is 22.3 Å². The van der Waals surface area contributed by atoms with Crippen molar-refractivity contribution in [2.75, 3.05) is 13.2 Å². The first-order valence-corrected chi connectivity index (χ1v) is 9.02. The van der Waals surface area contributed by atoms with Crippen molar-refractivity contribution in [3.63, 3.8) is 0 Å². The van der Waals surface area contributed by atoms with Crippen LogP contribution in [0, 0.1) is 5.92 Å². The van der Waals surface area contributed by atoms with Crippen LogP contribution < -0.4 is 10.1 Å². The monoisotopic (exact) mass is 363 g/mol. The number of nitrogens with zero attached hydrogens (tertiary/aromatic N) is 4. The van der Waals surface area contributed by atoms with Gasteiger partial charge in [0.25, 0.3) is 5.91 Å². The van der Waals surface area contributed by atoms with E-state index in [1.807, 2.05) is 30.3 Å². The number of amides is 1. The number of aromatic nitrogens is 4. The van der Waals surface area contributed by atoms with E-state index in [1.165, 1.54) is 10.4 Å². The fourth-order valence-electron chi connectivity index (χ4n) is 3.25. The normalized spacial score (nSPS) is 16.1. The number of carbonyl (C=O) groups excluding carboxylic acids is 1. The number of fused-ring (bicyclic) bond motifs is 1. The number of carbonyl (C=O) groups is 1. The number of para-hydroxylation sites is 1. The standard InChI is InChI=1S/C20H21N5O2/c1-25-23-19(22-24-25)15-6-8-16(9-7-15)20(26)21-13-14-10-11-27-18-5-3-2-4-17(18)12-14/h2-9,14H,10-13H2,1H3,(H,21,26)/t14-/m1/s1. The third-order valence-corrected chi connectivity index (χ3v) is 4.73. The molecule has 138 valence electrons. The van der Waals surface area contributed by atoms with Crippen molar-refractivity contribution in [3.05, 3.63) is 59.7 Å². The predicted octanol–water partition coefficient (Wildman–Crippen LogP) is 2.25. The molecule has 4 rings (SSSR count). The second-order valence-corrected chi connectivity index (χ2v) is 6.70. The molecule has 0 unspecified atom stereocenters. The maximum Gasteiger partial charge on any atom is 0.251 e. The highest BCUT2D eigenvalue weighted by Gasteiger charge is 2.18. The van der Waals surface area contributed by atoms with E-state index in [9.17, 15) is 4.79 Å². The fraction of sp³-hybridized carbons (Fsp3) is 0.300. The van der Waals surface area contributed by atoms with E-state index in [1.54, 1.807) is 19.2 Å². The minimum atomic E-state index is -0.0768. The molecule has 2 heterocycles. The van der Waals surface area contributed by atoms with Crippen molar-refractivity contribution >= 4 is 5.91 Å². The van der Waals surface area contributed by atoms with Crippen LogP contribution >= 0.6 is 0 Å². The zero-order valence-corrected chi connectivity index (χ0v) is 15.1. The number of hydrogen-bond acceptors (Lipinski definition) is 5. The minimum absolute atomic E-state index is 0.0768. The molecule has 0 aliphatic carbocycles. The van der Waals surface area contributed by atoms with Crippen LogP contribution in [0.5, 0.6) is 5.75 Å².